The van der Waals surface area contributed by atoms with Crippen LogP contribution in [0.2, 0.25) is 0 Å². The van der Waals surface area contributed by atoms with Crippen LogP contribution in [0.1, 0.15) is 5.56 Å². The first-order chi connectivity index (χ1) is 10.0. The van der Waals surface area contributed by atoms with E-state index >= 15 is 0 Å². The van der Waals surface area contributed by atoms with Crippen LogP contribution >= 0.6 is 0 Å². The van der Waals surface area contributed by atoms with Crippen LogP contribution in [0.3, 0.4) is 0 Å². The molecular weight excluding hydrogens is 282 g/mol. The van der Waals surface area contributed by atoms with Crippen LogP contribution in [-0.4, -0.2) is 12.0 Å². The number of anilines is 1. The van der Waals surface area contributed by atoms with Crippen LogP contribution in [0.4, 0.5) is 20.2 Å². The lowest BCUT2D eigenvalue weighted by atomic mass is 10.2. The third kappa shape index (κ3) is 3.44. The third-order valence-corrected chi connectivity index (χ3v) is 2.82. The van der Waals surface area contributed by atoms with E-state index in [0.717, 1.165) is 12.1 Å². The molecule has 2 rings (SSSR count). The number of halogens is 2. The van der Waals surface area contributed by atoms with Gasteiger partial charge in [-0.1, -0.05) is 6.07 Å². The van der Waals surface area contributed by atoms with E-state index in [1.807, 2.05) is 0 Å². The molecule has 0 unspecified atom stereocenters. The smallest absolute Gasteiger partial charge is 0.292 e. The average molecular weight is 294 g/mol. The minimum Gasteiger partial charge on any atom is -0.489 e. The maximum Gasteiger partial charge on any atom is 0.292 e. The summed E-state index contributed by atoms with van der Waals surface area (Å²) < 4.78 is 31.1. The number of nitrogens with zero attached hydrogens (tertiary/aromatic N) is 1. The molecule has 0 aromatic heterocycles. The van der Waals surface area contributed by atoms with Gasteiger partial charge in [0.1, 0.15) is 18.0 Å². The van der Waals surface area contributed by atoms with Gasteiger partial charge in [0.25, 0.3) is 5.69 Å². The molecule has 1 N–H and O–H groups in total. The monoisotopic (exact) mass is 294 g/mol. The first-order valence-corrected chi connectivity index (χ1v) is 6.04. The Morgan fingerprint density at radius 1 is 1.19 bits per heavy atom. The summed E-state index contributed by atoms with van der Waals surface area (Å²) in [5.41, 5.74) is 0.853. The van der Waals surface area contributed by atoms with Crippen molar-refractivity contribution in [3.8, 4) is 5.75 Å². The van der Waals surface area contributed by atoms with E-state index in [9.17, 15) is 18.9 Å². The van der Waals surface area contributed by atoms with Gasteiger partial charge in [-0.25, -0.2) is 8.78 Å². The first-order valence-electron chi connectivity index (χ1n) is 6.04. The Morgan fingerprint density at radius 3 is 2.57 bits per heavy atom. The molecule has 0 saturated carbocycles. The van der Waals surface area contributed by atoms with Crippen LogP contribution < -0.4 is 10.1 Å². The van der Waals surface area contributed by atoms with E-state index in [1.54, 1.807) is 19.2 Å². The highest BCUT2D eigenvalue weighted by Crippen LogP contribution is 2.26. The van der Waals surface area contributed by atoms with Crippen LogP contribution in [0, 0.1) is 21.7 Å². The Hall–Kier alpha value is -2.70. The minimum absolute atomic E-state index is 0.00983. The molecule has 0 fully saturated rings. The maximum atomic E-state index is 13.0. The zero-order valence-electron chi connectivity index (χ0n) is 11.1. The molecule has 0 amide bonds. The van der Waals surface area contributed by atoms with Crippen molar-refractivity contribution in [2.75, 3.05) is 12.4 Å². The summed E-state index contributed by atoms with van der Waals surface area (Å²) in [6.45, 7) is 0.00983. The minimum atomic E-state index is -1.01. The van der Waals surface area contributed by atoms with Gasteiger partial charge >= 0.3 is 0 Å². The number of ether oxygens (including phenoxy) is 1. The van der Waals surface area contributed by atoms with Gasteiger partial charge in [-0.2, -0.15) is 0 Å². The Bertz CT molecular complexity index is 677. The van der Waals surface area contributed by atoms with Crippen molar-refractivity contribution in [3.05, 3.63) is 63.7 Å². The van der Waals surface area contributed by atoms with Crippen molar-refractivity contribution < 1.29 is 18.4 Å². The Balaban J connectivity index is 2.14. The summed E-state index contributed by atoms with van der Waals surface area (Å²) >= 11 is 0. The topological polar surface area (TPSA) is 64.4 Å². The second-order valence-electron chi connectivity index (χ2n) is 4.22. The Morgan fingerprint density at radius 2 is 1.95 bits per heavy atom. The molecule has 110 valence electrons. The summed E-state index contributed by atoms with van der Waals surface area (Å²) in [6.07, 6.45) is 0. The molecule has 2 aromatic rings. The molecule has 5 nitrogen and oxygen atoms in total. The Labute approximate surface area is 119 Å². The number of benzene rings is 2. The van der Waals surface area contributed by atoms with E-state index < -0.39 is 16.6 Å². The zero-order chi connectivity index (χ0) is 15.4. The zero-order valence-corrected chi connectivity index (χ0v) is 11.1. The van der Waals surface area contributed by atoms with Crippen molar-refractivity contribution in [1.82, 2.24) is 0 Å². The Kier molecular flexibility index (Phi) is 4.32. The SMILES string of the molecule is CNc1ccc(COc2ccc(F)c(F)c2)cc1[N+](=O)[O-]. The molecule has 0 radical (unpaired) electrons. The van der Waals surface area contributed by atoms with Gasteiger partial charge < -0.3 is 10.1 Å². The van der Waals surface area contributed by atoms with Crippen molar-refractivity contribution in [3.63, 3.8) is 0 Å². The lowest BCUT2D eigenvalue weighted by Gasteiger charge is -2.08. The van der Waals surface area contributed by atoms with Gasteiger partial charge in [0.05, 0.1) is 4.92 Å². The molecule has 0 atom stereocenters. The van der Waals surface area contributed by atoms with E-state index in [-0.39, 0.29) is 18.0 Å². The average Bonchev–Trinajstić information content (AvgIpc) is 2.48. The largest absolute Gasteiger partial charge is 0.489 e. The molecule has 2 aromatic carbocycles. The molecule has 0 bridgehead atoms. The van der Waals surface area contributed by atoms with Gasteiger partial charge in [-0.15, -0.1) is 0 Å². The molecule has 7 heteroatoms. The number of nitrogens with one attached hydrogen (secondary N) is 1. The van der Waals surface area contributed by atoms with Gasteiger partial charge in [-0.3, -0.25) is 10.1 Å². The predicted octanol–water partition coefficient (Wildman–Crippen LogP) is 3.49. The molecule has 0 spiro atoms. The van der Waals surface area contributed by atoms with E-state index in [1.165, 1.54) is 12.1 Å². The number of rotatable bonds is 5. The fraction of sp³-hybridized carbons (Fsp3) is 0.143. The summed E-state index contributed by atoms with van der Waals surface area (Å²) in [6, 6.07) is 7.74. The highest BCUT2D eigenvalue weighted by atomic mass is 19.2. The van der Waals surface area contributed by atoms with Gasteiger partial charge in [-0.05, 0) is 23.8 Å². The quantitative estimate of drug-likeness (QED) is 0.677. The second-order valence-corrected chi connectivity index (χ2v) is 4.22. The highest BCUT2D eigenvalue weighted by molar-refractivity contribution is 5.62. The first kappa shape index (κ1) is 14.7. The van der Waals surface area contributed by atoms with Gasteiger partial charge in [0, 0.05) is 19.2 Å². The van der Waals surface area contributed by atoms with Crippen LogP contribution in [0.5, 0.6) is 5.75 Å². The fourth-order valence-corrected chi connectivity index (χ4v) is 1.76. The van der Waals surface area contributed by atoms with Gasteiger partial charge in [0.15, 0.2) is 11.6 Å². The fourth-order valence-electron chi connectivity index (χ4n) is 1.76. The van der Waals surface area contributed by atoms with Crippen LogP contribution in [-0.2, 0) is 6.61 Å². The van der Waals surface area contributed by atoms with Crippen molar-refractivity contribution in [2.24, 2.45) is 0 Å². The molecule has 21 heavy (non-hydrogen) atoms. The predicted molar refractivity (Wildman–Crippen MR) is 73.3 cm³/mol. The molecule has 0 aliphatic heterocycles. The normalized spacial score (nSPS) is 10.2. The summed E-state index contributed by atoms with van der Waals surface area (Å²) in [4.78, 5) is 10.4. The molecule has 0 aliphatic rings. The van der Waals surface area contributed by atoms with Crippen LogP contribution in [0.15, 0.2) is 36.4 Å². The summed E-state index contributed by atoms with van der Waals surface area (Å²) in [7, 11) is 1.58. The maximum absolute atomic E-state index is 13.0. The molecule has 0 saturated heterocycles. The molecular formula is C14H12F2N2O3. The standard InChI is InChI=1S/C14H12F2N2O3/c1-17-13-5-2-9(6-14(13)18(19)20)8-21-10-3-4-11(15)12(16)7-10/h2-7,17H,8H2,1H3. The highest BCUT2D eigenvalue weighted by Gasteiger charge is 2.13. The van der Waals surface area contributed by atoms with Crippen molar-refractivity contribution in [1.29, 1.82) is 0 Å². The van der Waals surface area contributed by atoms with E-state index in [4.69, 9.17) is 4.74 Å². The third-order valence-electron chi connectivity index (χ3n) is 2.82. The summed E-state index contributed by atoms with van der Waals surface area (Å²) in [5, 5.41) is 13.6. The van der Waals surface area contributed by atoms with Crippen molar-refractivity contribution >= 4 is 11.4 Å². The number of nitro benzene ring substituents is 1. The lowest BCUT2D eigenvalue weighted by Crippen LogP contribution is -2.00. The summed E-state index contributed by atoms with van der Waals surface area (Å²) in [5.74, 6) is -1.82. The number of nitro groups is 1. The van der Waals surface area contributed by atoms with E-state index in [0.29, 0.717) is 11.3 Å². The molecule has 0 heterocycles. The van der Waals surface area contributed by atoms with Gasteiger partial charge in [0.2, 0.25) is 0 Å². The second kappa shape index (κ2) is 6.17. The van der Waals surface area contributed by atoms with Crippen molar-refractivity contribution in [2.45, 2.75) is 6.61 Å². The number of hydrogen-bond acceptors (Lipinski definition) is 4. The lowest BCUT2D eigenvalue weighted by molar-refractivity contribution is -0.384. The number of hydrogen-bond donors (Lipinski definition) is 1. The molecule has 0 aliphatic carbocycles. The van der Waals surface area contributed by atoms with E-state index in [2.05, 4.69) is 5.32 Å². The van der Waals surface area contributed by atoms with Crippen LogP contribution in [0.25, 0.3) is 0 Å².